The van der Waals surface area contributed by atoms with E-state index in [1.807, 2.05) is 71.6 Å². The number of carbonyl (C=O) groups excluding carboxylic acids is 1. The van der Waals surface area contributed by atoms with Crippen molar-refractivity contribution in [1.82, 2.24) is 9.55 Å². The van der Waals surface area contributed by atoms with Gasteiger partial charge in [0.15, 0.2) is 0 Å². The van der Waals surface area contributed by atoms with E-state index in [1.54, 1.807) is 0 Å². The third-order valence-corrected chi connectivity index (χ3v) is 7.31. The fourth-order valence-corrected chi connectivity index (χ4v) is 5.49. The van der Waals surface area contributed by atoms with E-state index in [0.717, 1.165) is 43.5 Å². The van der Waals surface area contributed by atoms with Crippen LogP contribution < -0.4 is 9.64 Å². The molecule has 1 aromatic heterocycles. The van der Waals surface area contributed by atoms with Crippen molar-refractivity contribution in [2.45, 2.75) is 18.9 Å². The molecule has 0 spiro atoms. The Hall–Kier alpha value is -3.64. The Balaban J connectivity index is 1.28. The molecule has 5 aromatic rings. The van der Waals surface area contributed by atoms with Gasteiger partial charge in [-0.15, -0.1) is 0 Å². The van der Waals surface area contributed by atoms with Crippen LogP contribution in [0.1, 0.15) is 18.2 Å². The first-order valence-electron chi connectivity index (χ1n) is 11.8. The molecule has 174 valence electrons. The van der Waals surface area contributed by atoms with Crippen molar-refractivity contribution < 1.29 is 9.53 Å². The highest BCUT2D eigenvalue weighted by Gasteiger charge is 2.35. The van der Waals surface area contributed by atoms with Crippen LogP contribution in [0.4, 0.5) is 5.69 Å². The van der Waals surface area contributed by atoms with Crippen molar-refractivity contribution in [3.05, 3.63) is 101 Å². The number of anilines is 1. The Morgan fingerprint density at radius 3 is 2.60 bits per heavy atom. The minimum atomic E-state index is 0.0135. The summed E-state index contributed by atoms with van der Waals surface area (Å²) in [6.07, 6.45) is 0.439. The maximum Gasteiger partial charge on any atom is 0.227 e. The van der Waals surface area contributed by atoms with Crippen molar-refractivity contribution in [3.63, 3.8) is 0 Å². The Morgan fingerprint density at radius 2 is 1.69 bits per heavy atom. The van der Waals surface area contributed by atoms with Crippen LogP contribution in [0.2, 0.25) is 0 Å². The zero-order valence-corrected chi connectivity index (χ0v) is 20.7. The molecule has 35 heavy (non-hydrogen) atoms. The zero-order chi connectivity index (χ0) is 23.8. The lowest BCUT2D eigenvalue weighted by Gasteiger charge is -2.19. The van der Waals surface area contributed by atoms with Gasteiger partial charge in [-0.25, -0.2) is 4.98 Å². The van der Waals surface area contributed by atoms with Gasteiger partial charge in [-0.1, -0.05) is 60.7 Å². The molecule has 1 saturated heterocycles. The van der Waals surface area contributed by atoms with E-state index < -0.39 is 0 Å². The van der Waals surface area contributed by atoms with Gasteiger partial charge < -0.3 is 14.2 Å². The molecular formula is C29H24BrN3O2. The van der Waals surface area contributed by atoms with Gasteiger partial charge in [0.1, 0.15) is 18.2 Å². The number of hydrogen-bond acceptors (Lipinski definition) is 3. The first-order chi connectivity index (χ1) is 17.2. The summed E-state index contributed by atoms with van der Waals surface area (Å²) in [7, 11) is 0. The van der Waals surface area contributed by atoms with Gasteiger partial charge in [0.25, 0.3) is 0 Å². The van der Waals surface area contributed by atoms with Gasteiger partial charge in [-0.05, 0) is 51.6 Å². The maximum absolute atomic E-state index is 13.0. The van der Waals surface area contributed by atoms with Crippen LogP contribution in [0.25, 0.3) is 21.8 Å². The number of amides is 1. The van der Waals surface area contributed by atoms with E-state index in [2.05, 4.69) is 44.8 Å². The van der Waals surface area contributed by atoms with E-state index in [0.29, 0.717) is 26.1 Å². The summed E-state index contributed by atoms with van der Waals surface area (Å²) in [5.41, 5.74) is 2.91. The topological polar surface area (TPSA) is 47.4 Å². The maximum atomic E-state index is 13.0. The summed E-state index contributed by atoms with van der Waals surface area (Å²) in [6.45, 7) is 1.77. The van der Waals surface area contributed by atoms with E-state index in [9.17, 15) is 4.79 Å². The van der Waals surface area contributed by atoms with Gasteiger partial charge >= 0.3 is 0 Å². The molecular weight excluding hydrogens is 502 g/mol. The summed E-state index contributed by atoms with van der Waals surface area (Å²) in [6, 6.07) is 30.4. The van der Waals surface area contributed by atoms with E-state index in [1.165, 1.54) is 0 Å². The molecule has 1 fully saturated rings. The van der Waals surface area contributed by atoms with E-state index in [4.69, 9.17) is 9.72 Å². The van der Waals surface area contributed by atoms with Crippen molar-refractivity contribution in [1.29, 1.82) is 0 Å². The number of fused-ring (bicyclic) bond motifs is 2. The van der Waals surface area contributed by atoms with E-state index in [-0.39, 0.29) is 11.8 Å². The largest absolute Gasteiger partial charge is 0.491 e. The summed E-state index contributed by atoms with van der Waals surface area (Å²) >= 11 is 3.59. The average molecular weight is 526 g/mol. The number of ether oxygens (including phenoxy) is 1. The average Bonchev–Trinajstić information content (AvgIpc) is 3.45. The molecule has 0 bridgehead atoms. The number of rotatable bonds is 6. The normalized spacial score (nSPS) is 15.9. The van der Waals surface area contributed by atoms with Crippen LogP contribution in [0.3, 0.4) is 0 Å². The van der Waals surface area contributed by atoms with E-state index >= 15 is 0 Å². The number of benzene rings is 4. The van der Waals surface area contributed by atoms with Gasteiger partial charge in [0.2, 0.25) is 5.91 Å². The molecule has 6 heteroatoms. The molecule has 1 atom stereocenters. The first kappa shape index (κ1) is 21.9. The second kappa shape index (κ2) is 9.19. The second-order valence-corrected chi connectivity index (χ2v) is 9.65. The summed E-state index contributed by atoms with van der Waals surface area (Å²) in [4.78, 5) is 19.8. The third-order valence-electron chi connectivity index (χ3n) is 6.64. The highest BCUT2D eigenvalue weighted by atomic mass is 79.9. The minimum absolute atomic E-state index is 0.0135. The van der Waals surface area contributed by atoms with Crippen LogP contribution in [-0.4, -0.2) is 28.6 Å². The number of nitrogens with zero attached hydrogens (tertiary/aromatic N) is 3. The van der Waals surface area contributed by atoms with Gasteiger partial charge in [0, 0.05) is 28.7 Å². The van der Waals surface area contributed by atoms with Crippen LogP contribution in [0, 0.1) is 0 Å². The monoisotopic (exact) mass is 525 g/mol. The van der Waals surface area contributed by atoms with Gasteiger partial charge in [0.05, 0.1) is 23.3 Å². The summed E-state index contributed by atoms with van der Waals surface area (Å²) in [5, 5.41) is 2.27. The van der Waals surface area contributed by atoms with Crippen LogP contribution >= 0.6 is 15.9 Å². The molecule has 0 saturated carbocycles. The molecule has 1 unspecified atom stereocenters. The predicted molar refractivity (Wildman–Crippen MR) is 143 cm³/mol. The van der Waals surface area contributed by atoms with Gasteiger partial charge in [-0.3, -0.25) is 4.79 Å². The zero-order valence-electron chi connectivity index (χ0n) is 19.1. The lowest BCUT2D eigenvalue weighted by Crippen LogP contribution is -2.25. The minimum Gasteiger partial charge on any atom is -0.491 e. The summed E-state index contributed by atoms with van der Waals surface area (Å²) in [5.74, 6) is 1.95. The fourth-order valence-electron chi connectivity index (χ4n) is 4.99. The molecule has 1 amide bonds. The molecule has 6 rings (SSSR count). The third kappa shape index (κ3) is 4.08. The summed E-state index contributed by atoms with van der Waals surface area (Å²) < 4.78 is 9.40. The number of carbonyl (C=O) groups is 1. The lowest BCUT2D eigenvalue weighted by atomic mass is 10.1. The van der Waals surface area contributed by atoms with Crippen LogP contribution in [0.15, 0.2) is 95.5 Å². The Kier molecular flexibility index (Phi) is 5.74. The number of para-hydroxylation sites is 3. The Morgan fingerprint density at radius 1 is 0.914 bits per heavy atom. The molecule has 4 aromatic carbocycles. The SMILES string of the molecule is O=C1CC(c2nc3ccccc3n2CCOc2cccc3ccccc23)CN1c1ccccc1Br. The van der Waals surface area contributed by atoms with Crippen molar-refractivity contribution >= 4 is 49.3 Å². The highest BCUT2D eigenvalue weighted by molar-refractivity contribution is 9.10. The quantitative estimate of drug-likeness (QED) is 0.252. The smallest absolute Gasteiger partial charge is 0.227 e. The Bertz CT molecular complexity index is 1540. The molecule has 0 aliphatic carbocycles. The molecule has 0 radical (unpaired) electrons. The first-order valence-corrected chi connectivity index (χ1v) is 12.6. The Labute approximate surface area is 212 Å². The number of imidazole rings is 1. The van der Waals surface area contributed by atoms with Crippen LogP contribution in [-0.2, 0) is 11.3 Å². The second-order valence-electron chi connectivity index (χ2n) is 8.79. The molecule has 2 heterocycles. The lowest BCUT2D eigenvalue weighted by molar-refractivity contribution is -0.117. The molecule has 5 nitrogen and oxygen atoms in total. The number of halogens is 1. The fraction of sp³-hybridized carbons (Fsp3) is 0.172. The molecule has 0 N–H and O–H groups in total. The van der Waals surface area contributed by atoms with Crippen molar-refractivity contribution in [2.75, 3.05) is 18.1 Å². The van der Waals surface area contributed by atoms with Crippen LogP contribution in [0.5, 0.6) is 5.75 Å². The number of aromatic nitrogens is 2. The molecule has 1 aliphatic heterocycles. The number of hydrogen-bond donors (Lipinski definition) is 0. The van der Waals surface area contributed by atoms with Gasteiger partial charge in [-0.2, -0.15) is 0 Å². The van der Waals surface area contributed by atoms with Crippen molar-refractivity contribution in [3.8, 4) is 5.75 Å². The molecule has 1 aliphatic rings. The van der Waals surface area contributed by atoms with Crippen molar-refractivity contribution in [2.24, 2.45) is 0 Å². The highest BCUT2D eigenvalue weighted by Crippen LogP contribution is 2.36. The predicted octanol–water partition coefficient (Wildman–Crippen LogP) is 6.55. The standard InChI is InChI=1S/C29H24BrN3O2/c30-23-11-3-5-13-25(23)33-19-21(18-28(33)34)29-31-24-12-4-6-14-26(24)32(29)16-17-35-27-15-7-9-20-8-1-2-10-22(20)27/h1-15,21H,16-19H2.